The Hall–Kier alpha value is -0.160. The lowest BCUT2D eigenvalue weighted by Crippen LogP contribution is -2.40. The Labute approximate surface area is 130 Å². The highest BCUT2D eigenvalue weighted by molar-refractivity contribution is 4.76. The number of aliphatic hydroxyl groups is 1. The molecule has 21 heavy (non-hydrogen) atoms. The van der Waals surface area contributed by atoms with Crippen LogP contribution in [0.3, 0.4) is 0 Å². The van der Waals surface area contributed by atoms with Gasteiger partial charge in [-0.05, 0) is 32.1 Å². The van der Waals surface area contributed by atoms with E-state index in [4.69, 9.17) is 9.47 Å². The van der Waals surface area contributed by atoms with Crippen LogP contribution in [-0.2, 0) is 9.47 Å². The summed E-state index contributed by atoms with van der Waals surface area (Å²) in [5.41, 5.74) is 0. The molecular formula is C17H35NO3. The van der Waals surface area contributed by atoms with Crippen molar-refractivity contribution in [1.82, 2.24) is 5.32 Å². The summed E-state index contributed by atoms with van der Waals surface area (Å²) in [6.07, 6.45) is 8.61. The molecule has 1 aliphatic carbocycles. The van der Waals surface area contributed by atoms with Gasteiger partial charge >= 0.3 is 0 Å². The van der Waals surface area contributed by atoms with Gasteiger partial charge in [-0.1, -0.05) is 32.6 Å². The lowest BCUT2D eigenvalue weighted by Gasteiger charge is -2.29. The lowest BCUT2D eigenvalue weighted by atomic mass is 9.84. The lowest BCUT2D eigenvalue weighted by molar-refractivity contribution is 0.00266. The molecule has 1 aliphatic rings. The summed E-state index contributed by atoms with van der Waals surface area (Å²) in [5.74, 6) is 0.777. The van der Waals surface area contributed by atoms with Gasteiger partial charge in [-0.25, -0.2) is 0 Å². The third-order valence-electron chi connectivity index (χ3n) is 4.36. The highest BCUT2D eigenvalue weighted by Crippen LogP contribution is 2.26. The Morgan fingerprint density at radius 1 is 1.10 bits per heavy atom. The average molecular weight is 301 g/mol. The molecule has 126 valence electrons. The van der Waals surface area contributed by atoms with Gasteiger partial charge < -0.3 is 19.9 Å². The van der Waals surface area contributed by atoms with Gasteiger partial charge in [-0.2, -0.15) is 0 Å². The smallest absolute Gasteiger partial charge is 0.0897 e. The van der Waals surface area contributed by atoms with Crippen molar-refractivity contribution in [2.24, 2.45) is 5.92 Å². The minimum atomic E-state index is -0.424. The number of nitrogens with one attached hydrogen (secondary N) is 1. The van der Waals surface area contributed by atoms with E-state index in [9.17, 15) is 5.11 Å². The van der Waals surface area contributed by atoms with Crippen LogP contribution in [0.1, 0.15) is 58.8 Å². The van der Waals surface area contributed by atoms with E-state index in [0.717, 1.165) is 25.4 Å². The molecule has 1 unspecified atom stereocenters. The molecule has 0 heterocycles. The van der Waals surface area contributed by atoms with Crippen molar-refractivity contribution in [2.75, 3.05) is 33.0 Å². The molecular weight excluding hydrogens is 266 g/mol. The van der Waals surface area contributed by atoms with E-state index in [2.05, 4.69) is 19.2 Å². The van der Waals surface area contributed by atoms with Gasteiger partial charge in [0.15, 0.2) is 0 Å². The number of unbranched alkanes of at least 4 members (excludes halogenated alkanes) is 1. The second-order valence-electron chi connectivity index (χ2n) is 6.29. The van der Waals surface area contributed by atoms with Crippen molar-refractivity contribution in [3.8, 4) is 0 Å². The molecule has 0 amide bonds. The molecule has 0 aromatic heterocycles. The van der Waals surface area contributed by atoms with Gasteiger partial charge in [0.1, 0.15) is 0 Å². The zero-order valence-corrected chi connectivity index (χ0v) is 14.0. The van der Waals surface area contributed by atoms with Crippen LogP contribution in [-0.4, -0.2) is 50.2 Å². The van der Waals surface area contributed by atoms with Crippen molar-refractivity contribution in [3.63, 3.8) is 0 Å². The highest BCUT2D eigenvalue weighted by Gasteiger charge is 2.20. The van der Waals surface area contributed by atoms with Crippen LogP contribution < -0.4 is 5.32 Å². The molecule has 0 spiro atoms. The van der Waals surface area contributed by atoms with Crippen LogP contribution >= 0.6 is 0 Å². The maximum atomic E-state index is 9.91. The summed E-state index contributed by atoms with van der Waals surface area (Å²) in [6, 6.07) is 0.498. The standard InChI is InChI=1S/C17H35NO3/c1-3-4-10-20-11-12-21-14-17(19)13-18-15(2)16-8-6-5-7-9-16/h15-19H,3-14H2,1-2H3/t15-,17?/m0/s1. The molecule has 0 aromatic rings. The summed E-state index contributed by atoms with van der Waals surface area (Å²) in [4.78, 5) is 0. The van der Waals surface area contributed by atoms with Crippen molar-refractivity contribution >= 4 is 0 Å². The first-order valence-corrected chi connectivity index (χ1v) is 8.81. The van der Waals surface area contributed by atoms with Crippen molar-refractivity contribution < 1.29 is 14.6 Å². The van der Waals surface area contributed by atoms with E-state index in [0.29, 0.717) is 32.4 Å². The fraction of sp³-hybridized carbons (Fsp3) is 1.00. The second-order valence-corrected chi connectivity index (χ2v) is 6.29. The topological polar surface area (TPSA) is 50.7 Å². The first kappa shape index (κ1) is 18.9. The van der Waals surface area contributed by atoms with Crippen molar-refractivity contribution in [2.45, 2.75) is 70.9 Å². The summed E-state index contributed by atoms with van der Waals surface area (Å²) < 4.78 is 10.8. The van der Waals surface area contributed by atoms with Gasteiger partial charge in [-0.3, -0.25) is 0 Å². The quantitative estimate of drug-likeness (QED) is 0.544. The van der Waals surface area contributed by atoms with Crippen molar-refractivity contribution in [3.05, 3.63) is 0 Å². The van der Waals surface area contributed by atoms with Crippen LogP contribution in [0.5, 0.6) is 0 Å². The zero-order valence-electron chi connectivity index (χ0n) is 14.0. The number of hydrogen-bond acceptors (Lipinski definition) is 4. The molecule has 2 N–H and O–H groups in total. The van der Waals surface area contributed by atoms with E-state index in [1.54, 1.807) is 0 Å². The zero-order chi connectivity index (χ0) is 15.3. The molecule has 1 rings (SSSR count). The Morgan fingerprint density at radius 2 is 1.81 bits per heavy atom. The maximum absolute atomic E-state index is 9.91. The largest absolute Gasteiger partial charge is 0.389 e. The number of aliphatic hydroxyl groups excluding tert-OH is 1. The monoisotopic (exact) mass is 301 g/mol. The van der Waals surface area contributed by atoms with E-state index in [1.807, 2.05) is 0 Å². The molecule has 4 nitrogen and oxygen atoms in total. The predicted molar refractivity (Wildman–Crippen MR) is 86.6 cm³/mol. The molecule has 0 bridgehead atoms. The highest BCUT2D eigenvalue weighted by atomic mass is 16.5. The fourth-order valence-corrected chi connectivity index (χ4v) is 2.87. The molecule has 1 fully saturated rings. The maximum Gasteiger partial charge on any atom is 0.0897 e. The average Bonchev–Trinajstić information content (AvgIpc) is 2.52. The SMILES string of the molecule is CCCCOCCOCC(O)CN[C@@H](C)C1CCCCC1. The Balaban J connectivity index is 1.94. The fourth-order valence-electron chi connectivity index (χ4n) is 2.87. The van der Waals surface area contributed by atoms with Crippen LogP contribution in [0.2, 0.25) is 0 Å². The molecule has 0 saturated heterocycles. The molecule has 0 radical (unpaired) electrons. The van der Waals surface area contributed by atoms with Crippen LogP contribution in [0.4, 0.5) is 0 Å². The minimum absolute atomic E-state index is 0.390. The van der Waals surface area contributed by atoms with Gasteiger partial charge in [0, 0.05) is 19.2 Å². The number of hydrogen-bond donors (Lipinski definition) is 2. The van der Waals surface area contributed by atoms with E-state index < -0.39 is 6.10 Å². The third kappa shape index (κ3) is 9.46. The number of rotatable bonds is 12. The molecule has 0 aromatic carbocycles. The Kier molecular flexibility index (Phi) is 11.1. The third-order valence-corrected chi connectivity index (χ3v) is 4.36. The van der Waals surface area contributed by atoms with Crippen LogP contribution in [0, 0.1) is 5.92 Å². The first-order valence-electron chi connectivity index (χ1n) is 8.81. The molecule has 1 saturated carbocycles. The van der Waals surface area contributed by atoms with Crippen molar-refractivity contribution in [1.29, 1.82) is 0 Å². The van der Waals surface area contributed by atoms with Crippen LogP contribution in [0.25, 0.3) is 0 Å². The summed E-state index contributed by atoms with van der Waals surface area (Å²) in [5, 5.41) is 13.4. The number of ether oxygens (including phenoxy) is 2. The van der Waals surface area contributed by atoms with Gasteiger partial charge in [0.05, 0.1) is 25.9 Å². The molecule has 2 atom stereocenters. The Morgan fingerprint density at radius 3 is 2.52 bits per heavy atom. The second kappa shape index (κ2) is 12.4. The molecule has 4 heteroatoms. The first-order chi connectivity index (χ1) is 10.2. The van der Waals surface area contributed by atoms with E-state index in [1.165, 1.54) is 32.1 Å². The molecule has 0 aliphatic heterocycles. The summed E-state index contributed by atoms with van der Waals surface area (Å²) >= 11 is 0. The predicted octanol–water partition coefficient (Wildman–Crippen LogP) is 2.74. The normalized spacial score (nSPS) is 19.6. The minimum Gasteiger partial charge on any atom is -0.389 e. The van der Waals surface area contributed by atoms with Crippen LogP contribution in [0.15, 0.2) is 0 Å². The van der Waals surface area contributed by atoms with Gasteiger partial charge in [-0.15, -0.1) is 0 Å². The van der Waals surface area contributed by atoms with Gasteiger partial charge in [0.2, 0.25) is 0 Å². The van der Waals surface area contributed by atoms with Gasteiger partial charge in [0.25, 0.3) is 0 Å². The summed E-state index contributed by atoms with van der Waals surface area (Å²) in [7, 11) is 0. The Bertz CT molecular complexity index is 232. The van der Waals surface area contributed by atoms with E-state index in [-0.39, 0.29) is 0 Å². The summed E-state index contributed by atoms with van der Waals surface area (Å²) in [6.45, 7) is 7.40. The van der Waals surface area contributed by atoms with E-state index >= 15 is 0 Å².